The summed E-state index contributed by atoms with van der Waals surface area (Å²) >= 11 is 0. The first-order chi connectivity index (χ1) is 8.70. The summed E-state index contributed by atoms with van der Waals surface area (Å²) in [6.07, 6.45) is 4.97. The molecule has 1 heterocycles. The monoisotopic (exact) mass is 251 g/mol. The lowest BCUT2D eigenvalue weighted by molar-refractivity contribution is 0.298. The zero-order valence-electron chi connectivity index (χ0n) is 11.2. The molecule has 3 nitrogen and oxygen atoms in total. The Labute approximate surface area is 108 Å². The number of nitrogens with one attached hydrogen (secondary N) is 1. The van der Waals surface area contributed by atoms with Crippen molar-refractivity contribution in [3.63, 3.8) is 0 Å². The first kappa shape index (κ1) is 13.4. The van der Waals surface area contributed by atoms with Crippen molar-refractivity contribution in [2.24, 2.45) is 0 Å². The fraction of sp³-hybridized carbons (Fsp3) is 0.643. The molecular weight excluding hydrogens is 229 g/mol. The van der Waals surface area contributed by atoms with Crippen LogP contribution in [0, 0.1) is 5.82 Å². The van der Waals surface area contributed by atoms with Crippen molar-refractivity contribution in [2.75, 3.05) is 20.1 Å². The van der Waals surface area contributed by atoms with Gasteiger partial charge in [0.25, 0.3) is 0 Å². The van der Waals surface area contributed by atoms with Crippen LogP contribution in [-0.2, 0) is 0 Å². The van der Waals surface area contributed by atoms with Crippen molar-refractivity contribution in [1.82, 2.24) is 15.2 Å². The van der Waals surface area contributed by atoms with Gasteiger partial charge in [0.1, 0.15) is 5.82 Å². The van der Waals surface area contributed by atoms with Gasteiger partial charge in [0.05, 0.1) is 17.9 Å². The molecule has 0 aromatic carbocycles. The van der Waals surface area contributed by atoms with E-state index in [2.05, 4.69) is 29.2 Å². The van der Waals surface area contributed by atoms with Gasteiger partial charge >= 0.3 is 0 Å². The summed E-state index contributed by atoms with van der Waals surface area (Å²) in [5, 5.41) is 3.42. The maximum absolute atomic E-state index is 12.9. The highest BCUT2D eigenvalue weighted by Crippen LogP contribution is 2.26. The van der Waals surface area contributed by atoms with Crippen LogP contribution in [-0.4, -0.2) is 36.1 Å². The van der Waals surface area contributed by atoms with Crippen molar-refractivity contribution < 1.29 is 4.39 Å². The molecule has 1 aliphatic carbocycles. The molecule has 1 fully saturated rings. The van der Waals surface area contributed by atoms with Crippen LogP contribution in [0.3, 0.4) is 0 Å². The molecule has 1 aliphatic rings. The van der Waals surface area contributed by atoms with E-state index in [4.69, 9.17) is 0 Å². The Bertz CT molecular complexity index is 362. The molecule has 0 radical (unpaired) electrons. The summed E-state index contributed by atoms with van der Waals surface area (Å²) < 4.78 is 12.9. The third-order valence-corrected chi connectivity index (χ3v) is 3.50. The molecule has 0 spiro atoms. The Hall–Kier alpha value is -1.00. The third-order valence-electron chi connectivity index (χ3n) is 3.50. The molecule has 1 atom stereocenters. The summed E-state index contributed by atoms with van der Waals surface area (Å²) in [7, 11) is 2.18. The van der Waals surface area contributed by atoms with Gasteiger partial charge in [-0.3, -0.25) is 4.98 Å². The second kappa shape index (κ2) is 6.25. The van der Waals surface area contributed by atoms with E-state index in [0.29, 0.717) is 0 Å². The van der Waals surface area contributed by atoms with Crippen molar-refractivity contribution >= 4 is 0 Å². The Morgan fingerprint density at radius 2 is 2.28 bits per heavy atom. The lowest BCUT2D eigenvalue weighted by Gasteiger charge is -2.21. The predicted molar refractivity (Wildman–Crippen MR) is 70.9 cm³/mol. The molecular formula is C14H22FN3. The molecule has 1 aromatic rings. The van der Waals surface area contributed by atoms with Crippen LogP contribution in [0.2, 0.25) is 0 Å². The topological polar surface area (TPSA) is 28.2 Å². The van der Waals surface area contributed by atoms with E-state index in [0.717, 1.165) is 31.2 Å². The normalized spacial score (nSPS) is 17.1. The minimum absolute atomic E-state index is 0.219. The first-order valence-corrected chi connectivity index (χ1v) is 6.75. The molecule has 0 saturated heterocycles. The smallest absolute Gasteiger partial charge is 0.141 e. The van der Waals surface area contributed by atoms with Crippen molar-refractivity contribution in [2.45, 2.75) is 38.3 Å². The number of aromatic nitrogens is 1. The molecule has 0 aliphatic heterocycles. The molecule has 4 heteroatoms. The number of hydrogen-bond acceptors (Lipinski definition) is 3. The maximum atomic E-state index is 12.9. The van der Waals surface area contributed by atoms with E-state index in [1.54, 1.807) is 6.07 Å². The molecule has 1 saturated carbocycles. The van der Waals surface area contributed by atoms with E-state index in [1.807, 2.05) is 0 Å². The molecule has 1 unspecified atom stereocenters. The number of halogens is 1. The average molecular weight is 251 g/mol. The second-order valence-electron chi connectivity index (χ2n) is 5.01. The van der Waals surface area contributed by atoms with Gasteiger partial charge in [-0.1, -0.05) is 6.92 Å². The Morgan fingerprint density at radius 3 is 2.83 bits per heavy atom. The van der Waals surface area contributed by atoms with Crippen LogP contribution < -0.4 is 5.32 Å². The van der Waals surface area contributed by atoms with Crippen LogP contribution in [0.15, 0.2) is 18.3 Å². The minimum Gasteiger partial charge on any atom is -0.309 e. The van der Waals surface area contributed by atoms with Crippen LogP contribution in [0.1, 0.15) is 37.9 Å². The quantitative estimate of drug-likeness (QED) is 0.806. The van der Waals surface area contributed by atoms with Crippen LogP contribution in [0.5, 0.6) is 0 Å². The molecule has 0 amide bonds. The third kappa shape index (κ3) is 3.75. The summed E-state index contributed by atoms with van der Waals surface area (Å²) in [6, 6.07) is 4.27. The predicted octanol–water partition coefficient (Wildman–Crippen LogP) is 2.36. The van der Waals surface area contributed by atoms with Gasteiger partial charge < -0.3 is 10.2 Å². The van der Waals surface area contributed by atoms with Crippen molar-refractivity contribution in [1.29, 1.82) is 0 Å². The number of hydrogen-bond donors (Lipinski definition) is 1. The zero-order valence-corrected chi connectivity index (χ0v) is 11.2. The molecule has 18 heavy (non-hydrogen) atoms. The van der Waals surface area contributed by atoms with Gasteiger partial charge in [-0.15, -0.1) is 0 Å². The molecule has 1 N–H and O–H groups in total. The van der Waals surface area contributed by atoms with Gasteiger partial charge in [-0.25, -0.2) is 4.39 Å². The standard InChI is InChI=1S/C14H22FN3/c1-3-16-14(8-9-18(2)12-5-6-12)13-7-4-11(15)10-17-13/h4,7,10,12,14,16H,3,5-6,8-9H2,1-2H3. The molecule has 2 rings (SSSR count). The lowest BCUT2D eigenvalue weighted by atomic mass is 10.1. The van der Waals surface area contributed by atoms with E-state index < -0.39 is 0 Å². The Balaban J connectivity index is 1.91. The first-order valence-electron chi connectivity index (χ1n) is 6.75. The highest BCUT2D eigenvalue weighted by Gasteiger charge is 2.26. The Morgan fingerprint density at radius 1 is 1.50 bits per heavy atom. The van der Waals surface area contributed by atoms with E-state index in [1.165, 1.54) is 25.1 Å². The minimum atomic E-state index is -0.274. The van der Waals surface area contributed by atoms with Gasteiger partial charge in [-0.05, 0) is 51.5 Å². The van der Waals surface area contributed by atoms with Gasteiger partial charge in [-0.2, -0.15) is 0 Å². The largest absolute Gasteiger partial charge is 0.309 e. The van der Waals surface area contributed by atoms with Crippen LogP contribution in [0.25, 0.3) is 0 Å². The molecule has 100 valence electrons. The van der Waals surface area contributed by atoms with Gasteiger partial charge in [0.2, 0.25) is 0 Å². The Kier molecular flexibility index (Phi) is 4.66. The van der Waals surface area contributed by atoms with E-state index >= 15 is 0 Å². The van der Waals surface area contributed by atoms with Crippen molar-refractivity contribution in [3.05, 3.63) is 29.8 Å². The zero-order chi connectivity index (χ0) is 13.0. The van der Waals surface area contributed by atoms with Gasteiger partial charge in [0, 0.05) is 6.04 Å². The molecule has 1 aromatic heterocycles. The fourth-order valence-electron chi connectivity index (χ4n) is 2.22. The summed E-state index contributed by atoms with van der Waals surface area (Å²) in [5.74, 6) is -0.274. The highest BCUT2D eigenvalue weighted by molar-refractivity contribution is 5.10. The average Bonchev–Trinajstić information content (AvgIpc) is 3.19. The van der Waals surface area contributed by atoms with E-state index in [9.17, 15) is 4.39 Å². The maximum Gasteiger partial charge on any atom is 0.141 e. The van der Waals surface area contributed by atoms with Crippen molar-refractivity contribution in [3.8, 4) is 0 Å². The number of pyridine rings is 1. The SMILES string of the molecule is CCNC(CCN(C)C1CC1)c1ccc(F)cn1. The van der Waals surface area contributed by atoms with Crippen LogP contribution >= 0.6 is 0 Å². The van der Waals surface area contributed by atoms with Gasteiger partial charge in [0.15, 0.2) is 0 Å². The highest BCUT2D eigenvalue weighted by atomic mass is 19.1. The van der Waals surface area contributed by atoms with E-state index in [-0.39, 0.29) is 11.9 Å². The summed E-state index contributed by atoms with van der Waals surface area (Å²) in [5.41, 5.74) is 0.933. The fourth-order valence-corrected chi connectivity index (χ4v) is 2.22. The lowest BCUT2D eigenvalue weighted by Crippen LogP contribution is -2.28. The van der Waals surface area contributed by atoms with Crippen LogP contribution in [0.4, 0.5) is 4.39 Å². The summed E-state index contributed by atoms with van der Waals surface area (Å²) in [4.78, 5) is 6.59. The second-order valence-corrected chi connectivity index (χ2v) is 5.01. The number of rotatable bonds is 7. The summed E-state index contributed by atoms with van der Waals surface area (Å²) in [6.45, 7) is 4.04. The number of nitrogens with zero attached hydrogens (tertiary/aromatic N) is 2. The molecule has 0 bridgehead atoms.